The van der Waals surface area contributed by atoms with Crippen LogP contribution in [0.25, 0.3) is 0 Å². The van der Waals surface area contributed by atoms with Crippen molar-refractivity contribution >= 4 is 17.6 Å². The summed E-state index contributed by atoms with van der Waals surface area (Å²) in [6.45, 7) is 3.99. The first-order chi connectivity index (χ1) is 22.4. The van der Waals surface area contributed by atoms with E-state index in [1.807, 2.05) is 66.4 Å². The minimum absolute atomic E-state index is 0.222. The Labute approximate surface area is 273 Å². The average molecular weight is 639 g/mol. The molecule has 0 saturated carbocycles. The number of halogens is 1. The summed E-state index contributed by atoms with van der Waals surface area (Å²) in [4.78, 5) is 14.0. The van der Waals surface area contributed by atoms with Gasteiger partial charge in [0, 0.05) is 18.2 Å². The molecule has 0 amide bonds. The van der Waals surface area contributed by atoms with Crippen molar-refractivity contribution in [1.29, 1.82) is 5.26 Å². The molecular weight excluding hydrogens is 604 g/mol. The van der Waals surface area contributed by atoms with Crippen LogP contribution < -0.4 is 18.9 Å². The van der Waals surface area contributed by atoms with Gasteiger partial charge in [-0.2, -0.15) is 5.26 Å². The number of piperidine rings is 1. The maximum Gasteiger partial charge on any atom is 0.320 e. The van der Waals surface area contributed by atoms with E-state index in [9.17, 15) is 15.2 Å². The van der Waals surface area contributed by atoms with E-state index in [0.29, 0.717) is 48.2 Å². The Morgan fingerprint density at radius 2 is 1.78 bits per heavy atom. The van der Waals surface area contributed by atoms with Crippen LogP contribution >= 0.6 is 11.6 Å². The second-order valence-corrected chi connectivity index (χ2v) is 12.0. The second-order valence-electron chi connectivity index (χ2n) is 11.6. The molecule has 0 aliphatic carbocycles. The summed E-state index contributed by atoms with van der Waals surface area (Å²) in [5.74, 6) is 1.64. The summed E-state index contributed by atoms with van der Waals surface area (Å²) in [5, 5.41) is 19.6. The fraction of sp³-hybridized carbons (Fsp3) is 0.297. The van der Waals surface area contributed by atoms with Crippen molar-refractivity contribution in [2.24, 2.45) is 0 Å². The zero-order chi connectivity index (χ0) is 32.0. The van der Waals surface area contributed by atoms with Crippen LogP contribution in [0.5, 0.6) is 23.0 Å². The van der Waals surface area contributed by atoms with Gasteiger partial charge in [-0.25, -0.2) is 0 Å². The van der Waals surface area contributed by atoms with E-state index in [1.54, 1.807) is 24.3 Å². The molecule has 6 rings (SSSR count). The van der Waals surface area contributed by atoms with Crippen LogP contribution in [0.3, 0.4) is 0 Å². The molecule has 8 nitrogen and oxygen atoms in total. The molecule has 1 unspecified atom stereocenters. The molecule has 2 aliphatic heterocycles. The van der Waals surface area contributed by atoms with Gasteiger partial charge in [-0.05, 0) is 78.9 Å². The van der Waals surface area contributed by atoms with E-state index >= 15 is 0 Å². The minimum atomic E-state index is -0.825. The number of carboxylic acids is 1. The summed E-state index contributed by atoms with van der Waals surface area (Å²) in [5.41, 5.74) is 5.21. The molecule has 9 heteroatoms. The SMILES string of the molecule is Cc1c(COc2cc(OCc3cccc(C#N)c3)c(CN3CCCCC3C(=O)O)cc2Cl)cccc1[C@H]1COc2ccccc2O1. The molecule has 1 saturated heterocycles. The molecular formula is C37H35ClN2O6. The molecule has 0 radical (unpaired) electrons. The van der Waals surface area contributed by atoms with Crippen LogP contribution in [-0.4, -0.2) is 35.2 Å². The number of carboxylic acid groups (broad SMARTS) is 1. The van der Waals surface area contributed by atoms with E-state index in [0.717, 1.165) is 52.2 Å². The van der Waals surface area contributed by atoms with Gasteiger partial charge >= 0.3 is 5.97 Å². The molecule has 46 heavy (non-hydrogen) atoms. The van der Waals surface area contributed by atoms with Crippen LogP contribution in [0, 0.1) is 18.3 Å². The van der Waals surface area contributed by atoms with Crippen molar-refractivity contribution < 1.29 is 28.8 Å². The van der Waals surface area contributed by atoms with E-state index in [4.69, 9.17) is 30.5 Å². The summed E-state index contributed by atoms with van der Waals surface area (Å²) in [6.07, 6.45) is 2.16. The van der Waals surface area contributed by atoms with Gasteiger partial charge < -0.3 is 24.1 Å². The summed E-state index contributed by atoms with van der Waals surface area (Å²) in [6, 6.07) is 26.1. The number of fused-ring (bicyclic) bond motifs is 1. The molecule has 1 fully saturated rings. The number of ether oxygens (including phenoxy) is 4. The van der Waals surface area contributed by atoms with E-state index in [1.165, 1.54) is 0 Å². The maximum absolute atomic E-state index is 12.0. The van der Waals surface area contributed by atoms with Crippen molar-refractivity contribution in [2.75, 3.05) is 13.2 Å². The molecule has 1 N–H and O–H groups in total. The highest BCUT2D eigenvalue weighted by atomic mass is 35.5. The first-order valence-electron chi connectivity index (χ1n) is 15.4. The Morgan fingerprint density at radius 1 is 0.978 bits per heavy atom. The fourth-order valence-electron chi connectivity index (χ4n) is 6.05. The van der Waals surface area contributed by atoms with Crippen LogP contribution in [0.1, 0.15) is 58.7 Å². The number of nitrogens with zero attached hydrogens (tertiary/aromatic N) is 2. The molecule has 2 aliphatic rings. The third-order valence-electron chi connectivity index (χ3n) is 8.56. The van der Waals surface area contributed by atoms with E-state index in [-0.39, 0.29) is 19.3 Å². The largest absolute Gasteiger partial charge is 0.488 e. The Hall–Kier alpha value is -4.71. The molecule has 0 aromatic heterocycles. The van der Waals surface area contributed by atoms with Crippen LogP contribution in [0.4, 0.5) is 0 Å². The molecule has 2 atom stereocenters. The minimum Gasteiger partial charge on any atom is -0.488 e. The zero-order valence-corrected chi connectivity index (χ0v) is 26.3. The topological polar surface area (TPSA) is 101 Å². The average Bonchev–Trinajstić information content (AvgIpc) is 3.08. The highest BCUT2D eigenvalue weighted by Gasteiger charge is 2.29. The highest BCUT2D eigenvalue weighted by Crippen LogP contribution is 2.38. The molecule has 236 valence electrons. The van der Waals surface area contributed by atoms with Crippen molar-refractivity contribution in [3.05, 3.63) is 117 Å². The summed E-state index contributed by atoms with van der Waals surface area (Å²) in [7, 11) is 0. The number of nitriles is 1. The van der Waals surface area contributed by atoms with E-state index in [2.05, 4.69) is 6.07 Å². The lowest BCUT2D eigenvalue weighted by molar-refractivity contribution is -0.144. The smallest absolute Gasteiger partial charge is 0.320 e. The fourth-order valence-corrected chi connectivity index (χ4v) is 6.29. The second kappa shape index (κ2) is 14.2. The highest BCUT2D eigenvalue weighted by molar-refractivity contribution is 6.32. The molecule has 2 heterocycles. The first-order valence-corrected chi connectivity index (χ1v) is 15.8. The van der Waals surface area contributed by atoms with Gasteiger partial charge in [0.25, 0.3) is 0 Å². The molecule has 0 bridgehead atoms. The maximum atomic E-state index is 12.0. The Kier molecular flexibility index (Phi) is 9.62. The quantitative estimate of drug-likeness (QED) is 0.189. The summed E-state index contributed by atoms with van der Waals surface area (Å²) < 4.78 is 24.8. The number of aliphatic carboxylic acids is 1. The number of hydrogen-bond acceptors (Lipinski definition) is 7. The Bertz CT molecular complexity index is 1770. The lowest BCUT2D eigenvalue weighted by atomic mass is 9.98. The molecule has 0 spiro atoms. The zero-order valence-electron chi connectivity index (χ0n) is 25.6. The third-order valence-corrected chi connectivity index (χ3v) is 8.86. The van der Waals surface area contributed by atoms with Crippen LogP contribution in [0.15, 0.2) is 78.9 Å². The predicted molar refractivity (Wildman–Crippen MR) is 173 cm³/mol. The Balaban J connectivity index is 1.23. The van der Waals surface area contributed by atoms with Crippen LogP contribution in [0.2, 0.25) is 5.02 Å². The normalized spacial score (nSPS) is 17.6. The van der Waals surface area contributed by atoms with Crippen LogP contribution in [-0.2, 0) is 24.6 Å². The summed E-state index contributed by atoms with van der Waals surface area (Å²) >= 11 is 6.79. The van der Waals surface area contributed by atoms with Crippen molar-refractivity contribution in [3.63, 3.8) is 0 Å². The Morgan fingerprint density at radius 3 is 2.61 bits per heavy atom. The van der Waals surface area contributed by atoms with Gasteiger partial charge in [0.15, 0.2) is 17.6 Å². The predicted octanol–water partition coefficient (Wildman–Crippen LogP) is 7.63. The van der Waals surface area contributed by atoms with Gasteiger partial charge in [-0.1, -0.05) is 60.5 Å². The van der Waals surface area contributed by atoms with Gasteiger partial charge in [0.1, 0.15) is 37.4 Å². The number of benzene rings is 4. The number of para-hydroxylation sites is 2. The van der Waals surface area contributed by atoms with Crippen molar-refractivity contribution in [3.8, 4) is 29.1 Å². The lowest BCUT2D eigenvalue weighted by Gasteiger charge is -2.33. The standard InChI is InChI=1S/C37H35ClN2O6/c1-24-27(10-7-11-29(24)36-23-45-32-13-2-3-14-33(32)46-36)22-44-35-18-34(43-21-26-9-6-8-25(16-26)19-39)28(17-30(35)38)20-40-15-5-4-12-31(40)37(41)42/h2-3,6-11,13-14,16-18,31,36H,4-5,12,15,20-23H2,1H3,(H,41,42)/t31?,36-/m1/s1. The first kappa shape index (κ1) is 31.3. The number of likely N-dealkylation sites (tertiary alicyclic amines) is 1. The van der Waals surface area contributed by atoms with Gasteiger partial charge in [-0.15, -0.1) is 0 Å². The monoisotopic (exact) mass is 638 g/mol. The lowest BCUT2D eigenvalue weighted by Crippen LogP contribution is -2.44. The molecule has 4 aromatic carbocycles. The van der Waals surface area contributed by atoms with Gasteiger partial charge in [-0.3, -0.25) is 9.69 Å². The van der Waals surface area contributed by atoms with Gasteiger partial charge in [0.2, 0.25) is 0 Å². The number of carbonyl (C=O) groups is 1. The number of rotatable bonds is 10. The van der Waals surface area contributed by atoms with Gasteiger partial charge in [0.05, 0.1) is 16.7 Å². The molecule has 4 aromatic rings. The van der Waals surface area contributed by atoms with E-state index < -0.39 is 12.0 Å². The van der Waals surface area contributed by atoms with Crippen molar-refractivity contribution in [2.45, 2.75) is 58.1 Å². The van der Waals surface area contributed by atoms with Crippen molar-refractivity contribution in [1.82, 2.24) is 4.90 Å². The number of hydrogen-bond donors (Lipinski definition) is 1. The third kappa shape index (κ3) is 7.07.